The van der Waals surface area contributed by atoms with E-state index in [0.717, 1.165) is 12.1 Å². The summed E-state index contributed by atoms with van der Waals surface area (Å²) < 4.78 is 0. The van der Waals surface area contributed by atoms with Crippen LogP contribution in [0.2, 0.25) is 10.0 Å². The number of carbonyl (C=O) groups is 1. The molecule has 2 bridgehead atoms. The highest BCUT2D eigenvalue weighted by Crippen LogP contribution is 2.66. The van der Waals surface area contributed by atoms with Crippen LogP contribution in [0, 0.1) is 5.41 Å². The summed E-state index contributed by atoms with van der Waals surface area (Å²) in [4.78, 5) is 21.3. The van der Waals surface area contributed by atoms with Gasteiger partial charge in [-0.2, -0.15) is 0 Å². The molecule has 2 aromatic rings. The number of carboxylic acid groups (broad SMARTS) is 1. The number of carboxylic acids is 1. The van der Waals surface area contributed by atoms with Crippen molar-refractivity contribution in [1.29, 1.82) is 0 Å². The number of benzene rings is 1. The van der Waals surface area contributed by atoms with Crippen LogP contribution in [0.25, 0.3) is 11.0 Å². The predicted octanol–water partition coefficient (Wildman–Crippen LogP) is 2.84. The maximum absolute atomic E-state index is 12.0. The Hall–Kier alpha value is -1.39. The molecule has 0 saturated heterocycles. The highest BCUT2D eigenvalue weighted by atomic mass is 35.5. The highest BCUT2D eigenvalue weighted by molar-refractivity contribution is 6.42. The van der Waals surface area contributed by atoms with Crippen molar-refractivity contribution in [1.82, 2.24) is 9.97 Å². The van der Waals surface area contributed by atoms with E-state index in [0.29, 0.717) is 33.2 Å². The van der Waals surface area contributed by atoms with E-state index in [2.05, 4.69) is 9.97 Å². The second-order valence-electron chi connectivity index (χ2n) is 6.72. The molecule has 4 nitrogen and oxygen atoms in total. The van der Waals surface area contributed by atoms with Crippen LogP contribution >= 0.6 is 23.2 Å². The van der Waals surface area contributed by atoms with Gasteiger partial charge in [0.2, 0.25) is 0 Å². The summed E-state index contributed by atoms with van der Waals surface area (Å²) in [6, 6.07) is 3.31. The Labute approximate surface area is 137 Å². The molecule has 2 aliphatic carbocycles. The van der Waals surface area contributed by atoms with Crippen LogP contribution in [0.1, 0.15) is 44.0 Å². The summed E-state index contributed by atoms with van der Waals surface area (Å²) in [5.41, 5.74) is 0.993. The van der Waals surface area contributed by atoms with E-state index in [-0.39, 0.29) is 5.92 Å². The minimum atomic E-state index is -1.07. The Kier molecular flexibility index (Phi) is 2.66. The average molecular weight is 336 g/mol. The molecule has 0 aliphatic heterocycles. The quantitative estimate of drug-likeness (QED) is 0.803. The van der Waals surface area contributed by atoms with Crippen molar-refractivity contribution < 1.29 is 9.90 Å². The standard InChI is InChI=1S/C16H14Cl2N2O2/c1-15(2)7-3-4-16(15,14(21)22)13-12(7)19-10-5-8(17)9(18)6-11(10)20-13/h5-7H,3-4H2,1-2H3,(H,21,22)/p-1/t7-,16+/m1/s1. The van der Waals surface area contributed by atoms with Gasteiger partial charge in [-0.05, 0) is 30.4 Å². The Morgan fingerprint density at radius 2 is 1.82 bits per heavy atom. The van der Waals surface area contributed by atoms with Gasteiger partial charge in [-0.15, -0.1) is 0 Å². The van der Waals surface area contributed by atoms with E-state index in [1.807, 2.05) is 13.8 Å². The molecule has 114 valence electrons. The number of rotatable bonds is 1. The number of aromatic nitrogens is 2. The summed E-state index contributed by atoms with van der Waals surface area (Å²) in [5, 5.41) is 12.8. The van der Waals surface area contributed by atoms with Gasteiger partial charge in [0.15, 0.2) is 0 Å². The average Bonchev–Trinajstić information content (AvgIpc) is 2.81. The zero-order chi connectivity index (χ0) is 15.9. The van der Waals surface area contributed by atoms with Crippen LogP contribution in [0.4, 0.5) is 0 Å². The van der Waals surface area contributed by atoms with Gasteiger partial charge in [-0.25, -0.2) is 9.97 Å². The topological polar surface area (TPSA) is 65.9 Å². The van der Waals surface area contributed by atoms with Gasteiger partial charge in [0.25, 0.3) is 0 Å². The molecular formula is C16H13Cl2N2O2-. The number of carbonyl (C=O) groups excluding carboxylic acids is 1. The molecule has 1 aromatic carbocycles. The summed E-state index contributed by atoms with van der Waals surface area (Å²) in [6.45, 7) is 3.93. The minimum Gasteiger partial charge on any atom is -0.549 e. The lowest BCUT2D eigenvalue weighted by molar-refractivity contribution is -0.317. The van der Waals surface area contributed by atoms with Crippen molar-refractivity contribution in [3.05, 3.63) is 33.6 Å². The second kappa shape index (κ2) is 4.12. The van der Waals surface area contributed by atoms with Gasteiger partial charge in [0.05, 0.1) is 43.9 Å². The van der Waals surface area contributed by atoms with Gasteiger partial charge < -0.3 is 9.90 Å². The number of nitrogens with zero attached hydrogens (tertiary/aromatic N) is 2. The van der Waals surface area contributed by atoms with Crippen LogP contribution in [0.5, 0.6) is 0 Å². The van der Waals surface area contributed by atoms with Crippen LogP contribution < -0.4 is 5.11 Å². The summed E-state index contributed by atoms with van der Waals surface area (Å²) in [6.07, 6.45) is 1.33. The summed E-state index contributed by atoms with van der Waals surface area (Å²) in [7, 11) is 0. The number of hydrogen-bond acceptors (Lipinski definition) is 4. The number of aliphatic carboxylic acids is 1. The second-order valence-corrected chi connectivity index (χ2v) is 7.53. The number of halogens is 2. The van der Waals surface area contributed by atoms with Crippen molar-refractivity contribution in [2.24, 2.45) is 5.41 Å². The highest BCUT2D eigenvalue weighted by Gasteiger charge is 2.64. The molecule has 1 saturated carbocycles. The monoisotopic (exact) mass is 335 g/mol. The SMILES string of the molecule is CC1(C)[C@@H]2CC[C@@]1(C(=O)[O-])c1nc3cc(Cl)c(Cl)cc3nc12. The third-order valence-corrected chi connectivity index (χ3v) is 6.32. The molecule has 2 aliphatic rings. The lowest BCUT2D eigenvalue weighted by atomic mass is 9.68. The summed E-state index contributed by atoms with van der Waals surface area (Å²) in [5.74, 6) is -0.987. The molecule has 0 N–H and O–H groups in total. The van der Waals surface area contributed by atoms with E-state index in [1.54, 1.807) is 12.1 Å². The first kappa shape index (κ1) is 14.2. The van der Waals surface area contributed by atoms with Crippen LogP contribution in [0.15, 0.2) is 12.1 Å². The lowest BCUT2D eigenvalue weighted by Crippen LogP contribution is -2.51. The van der Waals surface area contributed by atoms with E-state index in [1.165, 1.54) is 0 Å². The first-order chi connectivity index (χ1) is 10.3. The van der Waals surface area contributed by atoms with Crippen molar-refractivity contribution >= 4 is 40.2 Å². The largest absolute Gasteiger partial charge is 0.549 e. The van der Waals surface area contributed by atoms with Crippen LogP contribution in [-0.4, -0.2) is 15.9 Å². The van der Waals surface area contributed by atoms with E-state index >= 15 is 0 Å². The predicted molar refractivity (Wildman–Crippen MR) is 82.0 cm³/mol. The number of hydrogen-bond donors (Lipinski definition) is 0. The molecule has 4 rings (SSSR count). The first-order valence-electron chi connectivity index (χ1n) is 7.17. The Morgan fingerprint density at radius 1 is 1.23 bits per heavy atom. The molecule has 2 atom stereocenters. The van der Waals surface area contributed by atoms with Crippen molar-refractivity contribution in [2.45, 2.75) is 38.0 Å². The molecule has 1 fully saturated rings. The maximum atomic E-state index is 12.0. The Bertz CT molecular complexity index is 850. The third kappa shape index (κ3) is 1.43. The fourth-order valence-corrected chi connectivity index (χ4v) is 4.64. The molecule has 0 radical (unpaired) electrons. The molecule has 1 heterocycles. The zero-order valence-corrected chi connectivity index (χ0v) is 13.6. The van der Waals surface area contributed by atoms with Crippen molar-refractivity contribution in [3.8, 4) is 0 Å². The Balaban J connectivity index is 2.08. The van der Waals surface area contributed by atoms with Crippen molar-refractivity contribution in [2.75, 3.05) is 0 Å². The van der Waals surface area contributed by atoms with E-state index < -0.39 is 16.8 Å². The molecule has 0 unspecified atom stereocenters. The van der Waals surface area contributed by atoms with Gasteiger partial charge in [-0.3, -0.25) is 0 Å². The first-order valence-corrected chi connectivity index (χ1v) is 7.93. The van der Waals surface area contributed by atoms with E-state index in [9.17, 15) is 9.90 Å². The normalized spacial score (nSPS) is 28.1. The smallest absolute Gasteiger partial charge is 0.0906 e. The van der Waals surface area contributed by atoms with Gasteiger partial charge in [-0.1, -0.05) is 37.0 Å². The van der Waals surface area contributed by atoms with Crippen LogP contribution in [-0.2, 0) is 10.2 Å². The molecular weight excluding hydrogens is 323 g/mol. The van der Waals surface area contributed by atoms with E-state index in [4.69, 9.17) is 23.2 Å². The molecule has 6 heteroatoms. The minimum absolute atomic E-state index is 0.0757. The Morgan fingerprint density at radius 3 is 2.41 bits per heavy atom. The van der Waals surface area contributed by atoms with Crippen molar-refractivity contribution in [3.63, 3.8) is 0 Å². The molecule has 0 spiro atoms. The molecule has 1 aromatic heterocycles. The molecule has 0 amide bonds. The van der Waals surface area contributed by atoms with Gasteiger partial charge in [0, 0.05) is 5.92 Å². The number of fused-ring (bicyclic) bond motifs is 6. The lowest BCUT2D eigenvalue weighted by Gasteiger charge is -2.38. The summed E-state index contributed by atoms with van der Waals surface area (Å²) >= 11 is 12.1. The zero-order valence-electron chi connectivity index (χ0n) is 12.1. The fraction of sp³-hybridized carbons (Fsp3) is 0.438. The third-order valence-electron chi connectivity index (χ3n) is 5.60. The molecule has 22 heavy (non-hydrogen) atoms. The fourth-order valence-electron chi connectivity index (χ4n) is 4.33. The van der Waals surface area contributed by atoms with Crippen LogP contribution in [0.3, 0.4) is 0 Å². The van der Waals surface area contributed by atoms with Gasteiger partial charge >= 0.3 is 0 Å². The van der Waals surface area contributed by atoms with Gasteiger partial charge in [0.1, 0.15) is 0 Å². The maximum Gasteiger partial charge on any atom is 0.0906 e.